The van der Waals surface area contributed by atoms with Crippen LogP contribution in [0, 0.1) is 0 Å². The molecule has 1 heterocycles. The van der Waals surface area contributed by atoms with Gasteiger partial charge in [0.2, 0.25) is 0 Å². The van der Waals surface area contributed by atoms with Crippen LogP contribution < -0.4 is 16.2 Å². The van der Waals surface area contributed by atoms with Crippen LogP contribution in [0.5, 0.6) is 0 Å². The Bertz CT molecular complexity index is 812. The fourth-order valence-corrected chi connectivity index (χ4v) is 1.88. The summed E-state index contributed by atoms with van der Waals surface area (Å²) in [4.78, 5) is 39.7. The van der Waals surface area contributed by atoms with Crippen molar-refractivity contribution in [1.29, 1.82) is 0 Å². The van der Waals surface area contributed by atoms with E-state index in [0.717, 1.165) is 0 Å². The zero-order valence-electron chi connectivity index (χ0n) is 13.2. The number of anilines is 1. The first-order chi connectivity index (χ1) is 11.5. The van der Waals surface area contributed by atoms with E-state index in [1.165, 1.54) is 23.4 Å². The van der Waals surface area contributed by atoms with Gasteiger partial charge >= 0.3 is 6.03 Å². The average Bonchev–Trinajstić information content (AvgIpc) is 2.55. The second-order valence-electron chi connectivity index (χ2n) is 5.02. The number of nitrogens with one attached hydrogen (secondary N) is 3. The minimum Gasteiger partial charge on any atom is -0.359 e. The monoisotopic (exact) mass is 327 g/mol. The zero-order valence-corrected chi connectivity index (χ0v) is 13.2. The predicted molar refractivity (Wildman–Crippen MR) is 91.3 cm³/mol. The molecule has 0 radical (unpaired) electrons. The highest BCUT2D eigenvalue weighted by Crippen LogP contribution is 2.04. The quantitative estimate of drug-likeness (QED) is 0.581. The number of benzene rings is 1. The summed E-state index contributed by atoms with van der Waals surface area (Å²) in [5.41, 5.74) is 2.62. The van der Waals surface area contributed by atoms with Gasteiger partial charge in [0.1, 0.15) is 5.56 Å². The van der Waals surface area contributed by atoms with Crippen molar-refractivity contribution in [2.75, 3.05) is 19.4 Å². The van der Waals surface area contributed by atoms with Crippen LogP contribution in [0.2, 0.25) is 0 Å². The Morgan fingerprint density at radius 3 is 2.54 bits per heavy atom. The smallest absolute Gasteiger partial charge is 0.339 e. The van der Waals surface area contributed by atoms with Crippen LogP contribution in [0.4, 0.5) is 10.5 Å². The summed E-state index contributed by atoms with van der Waals surface area (Å²) in [6.07, 6.45) is 2.61. The molecule has 0 saturated carbocycles. The van der Waals surface area contributed by atoms with E-state index in [-0.39, 0.29) is 11.3 Å². The fraction of sp³-hybridized carbons (Fsp3) is 0.125. The summed E-state index contributed by atoms with van der Waals surface area (Å²) in [5, 5.41) is 6.34. The second-order valence-corrected chi connectivity index (χ2v) is 5.02. The summed E-state index contributed by atoms with van der Waals surface area (Å²) in [6.45, 7) is 0. The van der Waals surface area contributed by atoms with Crippen LogP contribution in [0.3, 0.4) is 0 Å². The molecule has 0 unspecified atom stereocenters. The van der Waals surface area contributed by atoms with Gasteiger partial charge < -0.3 is 15.2 Å². The first-order valence-electron chi connectivity index (χ1n) is 7.07. The lowest BCUT2D eigenvalue weighted by molar-refractivity contribution is 0.0826. The largest absolute Gasteiger partial charge is 0.359 e. The van der Waals surface area contributed by atoms with Gasteiger partial charge in [0, 0.05) is 32.0 Å². The van der Waals surface area contributed by atoms with Gasteiger partial charge in [-0.3, -0.25) is 9.59 Å². The van der Waals surface area contributed by atoms with Crippen molar-refractivity contribution in [2.45, 2.75) is 0 Å². The molecule has 0 aliphatic rings. The summed E-state index contributed by atoms with van der Waals surface area (Å²) in [6, 6.07) is 9.56. The minimum atomic E-state index is -0.545. The second kappa shape index (κ2) is 7.73. The van der Waals surface area contributed by atoms with Crippen molar-refractivity contribution in [2.24, 2.45) is 5.10 Å². The molecule has 0 atom stereocenters. The van der Waals surface area contributed by atoms with Crippen LogP contribution >= 0.6 is 0 Å². The number of nitrogens with zero attached hydrogens (tertiary/aromatic N) is 2. The van der Waals surface area contributed by atoms with Crippen LogP contribution in [-0.2, 0) is 0 Å². The van der Waals surface area contributed by atoms with Gasteiger partial charge in [-0.15, -0.1) is 0 Å². The number of aromatic amines is 1. The number of urea groups is 1. The molecule has 0 aliphatic carbocycles. The molecule has 24 heavy (non-hydrogen) atoms. The Labute approximate surface area is 138 Å². The van der Waals surface area contributed by atoms with E-state index in [9.17, 15) is 14.4 Å². The molecule has 0 saturated heterocycles. The van der Waals surface area contributed by atoms with Crippen molar-refractivity contribution in [3.05, 3.63) is 64.1 Å². The van der Waals surface area contributed by atoms with Gasteiger partial charge in [-0.25, -0.2) is 10.2 Å². The lowest BCUT2D eigenvalue weighted by atomic mass is 10.1. The molecule has 0 fully saturated rings. The number of hydrazone groups is 1. The lowest BCUT2D eigenvalue weighted by Crippen LogP contribution is -2.30. The van der Waals surface area contributed by atoms with E-state index in [4.69, 9.17) is 0 Å². The Morgan fingerprint density at radius 1 is 1.17 bits per heavy atom. The Hall–Kier alpha value is -3.42. The number of amides is 3. The van der Waals surface area contributed by atoms with Gasteiger partial charge in [0.25, 0.3) is 5.91 Å². The molecule has 1 aromatic heterocycles. The van der Waals surface area contributed by atoms with Gasteiger partial charge in [-0.05, 0) is 12.1 Å². The molecule has 3 N–H and O–H groups in total. The molecule has 3 amide bonds. The van der Waals surface area contributed by atoms with E-state index in [1.54, 1.807) is 38.4 Å². The van der Waals surface area contributed by atoms with Crippen molar-refractivity contribution in [3.8, 4) is 0 Å². The molecular weight excluding hydrogens is 310 g/mol. The minimum absolute atomic E-state index is 0.0449. The number of carbonyl (C=O) groups is 2. The summed E-state index contributed by atoms with van der Waals surface area (Å²) >= 11 is 0. The summed E-state index contributed by atoms with van der Waals surface area (Å²) < 4.78 is 0. The fourth-order valence-electron chi connectivity index (χ4n) is 1.88. The number of H-pyrrole nitrogens is 1. The van der Waals surface area contributed by atoms with E-state index in [1.807, 2.05) is 6.07 Å². The van der Waals surface area contributed by atoms with Gasteiger partial charge in [-0.2, -0.15) is 5.10 Å². The normalized spacial score (nSPS) is 10.4. The highest BCUT2D eigenvalue weighted by molar-refractivity contribution is 6.01. The Kier molecular flexibility index (Phi) is 5.45. The number of pyridine rings is 1. The molecule has 0 spiro atoms. The van der Waals surface area contributed by atoms with E-state index in [2.05, 4.69) is 20.8 Å². The first-order valence-corrected chi connectivity index (χ1v) is 7.07. The van der Waals surface area contributed by atoms with Crippen molar-refractivity contribution in [1.82, 2.24) is 15.3 Å². The Balaban J connectivity index is 2.09. The van der Waals surface area contributed by atoms with E-state index < -0.39 is 17.4 Å². The molecular formula is C16H17N5O3. The maximum absolute atomic E-state index is 12.1. The molecule has 8 nitrogen and oxygen atoms in total. The standard InChI is InChI=1S/C16H17N5O3/c1-21(2)15(23)14-12(17-9-8-13(14)22)10-18-20-16(24)19-11-6-4-3-5-7-11/h3-10H,1-2H3,(H,17,22)(H2,19,20,24). The molecule has 2 aromatic rings. The van der Waals surface area contributed by atoms with Crippen LogP contribution in [0.25, 0.3) is 0 Å². The average molecular weight is 327 g/mol. The van der Waals surface area contributed by atoms with Gasteiger partial charge in [0.05, 0.1) is 11.9 Å². The SMILES string of the molecule is CN(C)C(=O)c1c(C=NNC(=O)Nc2ccccc2)[nH]ccc1=O. The number of hydrogen-bond donors (Lipinski definition) is 3. The third kappa shape index (κ3) is 4.29. The van der Waals surface area contributed by atoms with Gasteiger partial charge in [-0.1, -0.05) is 18.2 Å². The third-order valence-corrected chi connectivity index (χ3v) is 3.00. The lowest BCUT2D eigenvalue weighted by Gasteiger charge is -2.11. The summed E-state index contributed by atoms with van der Waals surface area (Å²) in [7, 11) is 3.09. The van der Waals surface area contributed by atoms with Crippen LogP contribution in [-0.4, -0.2) is 42.1 Å². The predicted octanol–water partition coefficient (Wildman–Crippen LogP) is 1.23. The molecule has 124 valence electrons. The maximum atomic E-state index is 12.1. The number of aromatic nitrogens is 1. The molecule has 1 aromatic carbocycles. The number of hydrogen-bond acceptors (Lipinski definition) is 4. The maximum Gasteiger partial charge on any atom is 0.339 e. The molecule has 0 bridgehead atoms. The van der Waals surface area contributed by atoms with Crippen LogP contribution in [0.15, 0.2) is 52.5 Å². The number of para-hydroxylation sites is 1. The Morgan fingerprint density at radius 2 is 1.88 bits per heavy atom. The highest BCUT2D eigenvalue weighted by Gasteiger charge is 2.16. The zero-order chi connectivity index (χ0) is 17.5. The molecule has 8 heteroatoms. The third-order valence-electron chi connectivity index (χ3n) is 3.00. The van der Waals surface area contributed by atoms with Crippen LogP contribution in [0.1, 0.15) is 16.1 Å². The molecule has 0 aliphatic heterocycles. The number of carbonyl (C=O) groups excluding carboxylic acids is 2. The molecule has 2 rings (SSSR count). The van der Waals surface area contributed by atoms with Gasteiger partial charge in [0.15, 0.2) is 5.43 Å². The topological polar surface area (TPSA) is 107 Å². The van der Waals surface area contributed by atoms with Crippen molar-refractivity contribution in [3.63, 3.8) is 0 Å². The first kappa shape index (κ1) is 16.9. The summed E-state index contributed by atoms with van der Waals surface area (Å²) in [5.74, 6) is -0.452. The highest BCUT2D eigenvalue weighted by atomic mass is 16.2. The van der Waals surface area contributed by atoms with Crippen molar-refractivity contribution >= 4 is 23.8 Å². The van der Waals surface area contributed by atoms with Crippen molar-refractivity contribution < 1.29 is 9.59 Å². The van der Waals surface area contributed by atoms with E-state index in [0.29, 0.717) is 5.69 Å². The van der Waals surface area contributed by atoms with E-state index >= 15 is 0 Å². The number of rotatable bonds is 4.